The molecule has 2 aliphatic rings. The Bertz CT molecular complexity index is 851. The molecule has 5 nitrogen and oxygen atoms in total. The van der Waals surface area contributed by atoms with Gasteiger partial charge in [0.25, 0.3) is 5.91 Å². The maximum Gasteiger partial charge on any atom is 0.254 e. The zero-order valence-corrected chi connectivity index (χ0v) is 17.1. The second-order valence-electron chi connectivity index (χ2n) is 7.87. The van der Waals surface area contributed by atoms with Crippen LogP contribution in [0, 0.1) is 12.8 Å². The van der Waals surface area contributed by atoms with Gasteiger partial charge in [-0.3, -0.25) is 9.59 Å². The summed E-state index contributed by atoms with van der Waals surface area (Å²) in [5.74, 6) is 1.03. The first-order valence-corrected chi connectivity index (χ1v) is 11.1. The molecule has 2 fully saturated rings. The quantitative estimate of drug-likeness (QED) is 0.811. The van der Waals surface area contributed by atoms with Gasteiger partial charge >= 0.3 is 0 Å². The van der Waals surface area contributed by atoms with Crippen LogP contribution in [0.1, 0.15) is 58.2 Å². The third kappa shape index (κ3) is 4.43. The van der Waals surface area contributed by atoms with Crippen LogP contribution in [0.3, 0.4) is 0 Å². The summed E-state index contributed by atoms with van der Waals surface area (Å²) in [4.78, 5) is 31.2. The van der Waals surface area contributed by atoms with E-state index >= 15 is 0 Å². The smallest absolute Gasteiger partial charge is 0.254 e. The number of nitrogens with zero attached hydrogens (tertiary/aromatic N) is 2. The van der Waals surface area contributed by atoms with Crippen LogP contribution in [0.4, 0.5) is 0 Å². The number of nitrogens with one attached hydrogen (secondary N) is 1. The molecule has 148 valence electrons. The van der Waals surface area contributed by atoms with Gasteiger partial charge < -0.3 is 10.2 Å². The minimum absolute atomic E-state index is 0.141. The molecular weight excluding hydrogens is 370 g/mol. The molecule has 0 spiro atoms. The molecule has 1 aromatic heterocycles. The molecule has 1 saturated heterocycles. The number of amides is 2. The third-order valence-electron chi connectivity index (χ3n) is 5.70. The molecule has 4 rings (SSSR count). The van der Waals surface area contributed by atoms with Gasteiger partial charge in [0.15, 0.2) is 0 Å². The van der Waals surface area contributed by atoms with E-state index in [0.29, 0.717) is 12.5 Å². The number of carbonyl (C=O) groups is 2. The van der Waals surface area contributed by atoms with E-state index in [9.17, 15) is 9.59 Å². The number of piperidine rings is 1. The molecule has 2 aromatic rings. The fourth-order valence-corrected chi connectivity index (χ4v) is 4.77. The first kappa shape index (κ1) is 19.1. The van der Waals surface area contributed by atoms with Crippen LogP contribution in [0.2, 0.25) is 0 Å². The molecule has 1 aliphatic carbocycles. The van der Waals surface area contributed by atoms with Crippen LogP contribution in [0.25, 0.3) is 0 Å². The van der Waals surface area contributed by atoms with Crippen LogP contribution >= 0.6 is 11.3 Å². The minimum Gasteiger partial charge on any atom is -0.355 e. The highest BCUT2D eigenvalue weighted by Gasteiger charge is 2.29. The van der Waals surface area contributed by atoms with E-state index in [0.717, 1.165) is 62.0 Å². The zero-order chi connectivity index (χ0) is 19.5. The van der Waals surface area contributed by atoms with Crippen LogP contribution in [0.15, 0.2) is 29.6 Å². The number of aryl methyl sites for hydroxylation is 1. The standard InChI is InChI=1S/C22H27N3O2S/c1-15-4-2-3-5-19(15)22(27)25-12-9-17(10-13-25)21-24-18(14-28-21)8-11-23-20(26)16-6-7-16/h2-5,14,16-17H,6-13H2,1H3,(H,23,26). The summed E-state index contributed by atoms with van der Waals surface area (Å²) in [5.41, 5.74) is 2.91. The topological polar surface area (TPSA) is 62.3 Å². The molecule has 0 unspecified atom stereocenters. The Kier molecular flexibility index (Phi) is 5.76. The number of carbonyl (C=O) groups excluding carboxylic acids is 2. The number of likely N-dealkylation sites (tertiary alicyclic amines) is 1. The Labute approximate surface area is 170 Å². The van der Waals surface area contributed by atoms with Crippen molar-refractivity contribution in [2.24, 2.45) is 5.92 Å². The maximum atomic E-state index is 12.8. The summed E-state index contributed by atoms with van der Waals surface area (Å²) in [5, 5.41) is 6.29. The highest BCUT2D eigenvalue weighted by molar-refractivity contribution is 7.09. The molecule has 6 heteroatoms. The van der Waals surface area contributed by atoms with Crippen LogP contribution in [-0.2, 0) is 11.2 Å². The van der Waals surface area contributed by atoms with Gasteiger partial charge in [-0.15, -0.1) is 11.3 Å². The largest absolute Gasteiger partial charge is 0.355 e. The molecule has 0 radical (unpaired) electrons. The monoisotopic (exact) mass is 397 g/mol. The lowest BCUT2D eigenvalue weighted by atomic mass is 9.96. The SMILES string of the molecule is Cc1ccccc1C(=O)N1CCC(c2nc(CCNC(=O)C3CC3)cs2)CC1. The first-order valence-electron chi connectivity index (χ1n) is 10.2. The van der Waals surface area contributed by atoms with Crippen molar-refractivity contribution < 1.29 is 9.59 Å². The van der Waals surface area contributed by atoms with Crippen molar-refractivity contribution >= 4 is 23.2 Å². The van der Waals surface area contributed by atoms with Crippen molar-refractivity contribution in [1.82, 2.24) is 15.2 Å². The van der Waals surface area contributed by atoms with Gasteiger partial charge in [0, 0.05) is 48.8 Å². The summed E-state index contributed by atoms with van der Waals surface area (Å²) in [6.07, 6.45) is 4.79. The molecule has 0 atom stereocenters. The number of benzene rings is 1. The van der Waals surface area contributed by atoms with E-state index in [4.69, 9.17) is 4.98 Å². The average Bonchev–Trinajstić information content (AvgIpc) is 3.47. The minimum atomic E-state index is 0.141. The predicted octanol–water partition coefficient (Wildman–Crippen LogP) is 3.54. The number of hydrogen-bond donors (Lipinski definition) is 1. The summed E-state index contributed by atoms with van der Waals surface area (Å²) in [6.45, 7) is 4.22. The van der Waals surface area contributed by atoms with Crippen LogP contribution < -0.4 is 5.32 Å². The van der Waals surface area contributed by atoms with Gasteiger partial charge in [0.1, 0.15) is 0 Å². The van der Waals surface area contributed by atoms with E-state index in [-0.39, 0.29) is 17.7 Å². The van der Waals surface area contributed by atoms with Gasteiger partial charge in [-0.2, -0.15) is 0 Å². The normalized spacial score (nSPS) is 17.5. The lowest BCUT2D eigenvalue weighted by Crippen LogP contribution is -2.38. The molecular formula is C22H27N3O2S. The van der Waals surface area contributed by atoms with E-state index in [1.807, 2.05) is 36.1 Å². The van der Waals surface area contributed by atoms with Crippen molar-refractivity contribution in [2.75, 3.05) is 19.6 Å². The Morgan fingerprint density at radius 3 is 2.64 bits per heavy atom. The highest BCUT2D eigenvalue weighted by Crippen LogP contribution is 2.31. The van der Waals surface area contributed by atoms with Crippen molar-refractivity contribution in [3.63, 3.8) is 0 Å². The lowest BCUT2D eigenvalue weighted by Gasteiger charge is -2.31. The fraction of sp³-hybridized carbons (Fsp3) is 0.500. The molecule has 28 heavy (non-hydrogen) atoms. The zero-order valence-electron chi connectivity index (χ0n) is 16.3. The average molecular weight is 398 g/mol. The molecule has 2 heterocycles. The Balaban J connectivity index is 1.27. The van der Waals surface area contributed by atoms with Crippen LogP contribution in [0.5, 0.6) is 0 Å². The first-order chi connectivity index (χ1) is 13.6. The van der Waals surface area contributed by atoms with E-state index in [1.165, 1.54) is 5.01 Å². The van der Waals surface area contributed by atoms with Gasteiger partial charge in [0.2, 0.25) is 5.91 Å². The summed E-state index contributed by atoms with van der Waals surface area (Å²) < 4.78 is 0. The molecule has 1 N–H and O–H groups in total. The second-order valence-corrected chi connectivity index (χ2v) is 8.76. The van der Waals surface area contributed by atoms with Crippen molar-refractivity contribution in [3.05, 3.63) is 51.5 Å². The molecule has 1 aliphatic heterocycles. The van der Waals surface area contributed by atoms with E-state index in [1.54, 1.807) is 11.3 Å². The highest BCUT2D eigenvalue weighted by atomic mass is 32.1. The molecule has 0 bridgehead atoms. The van der Waals surface area contributed by atoms with Gasteiger partial charge in [-0.1, -0.05) is 18.2 Å². The second kappa shape index (κ2) is 8.43. The number of aromatic nitrogens is 1. The van der Waals surface area contributed by atoms with Crippen LogP contribution in [-0.4, -0.2) is 41.3 Å². The summed E-state index contributed by atoms with van der Waals surface area (Å²) in [6, 6.07) is 7.80. The molecule has 2 amide bonds. The molecule has 1 saturated carbocycles. The Morgan fingerprint density at radius 1 is 1.18 bits per heavy atom. The summed E-state index contributed by atoms with van der Waals surface area (Å²) in [7, 11) is 0. The maximum absolute atomic E-state index is 12.8. The van der Waals surface area contributed by atoms with Crippen molar-refractivity contribution in [1.29, 1.82) is 0 Å². The number of rotatable bonds is 6. The third-order valence-corrected chi connectivity index (χ3v) is 6.76. The van der Waals surface area contributed by atoms with E-state index < -0.39 is 0 Å². The Hall–Kier alpha value is -2.21. The number of thiazole rings is 1. The van der Waals surface area contributed by atoms with Gasteiger partial charge in [0.05, 0.1) is 10.7 Å². The summed E-state index contributed by atoms with van der Waals surface area (Å²) >= 11 is 1.71. The number of hydrogen-bond acceptors (Lipinski definition) is 4. The van der Waals surface area contributed by atoms with Gasteiger partial charge in [-0.05, 0) is 44.2 Å². The van der Waals surface area contributed by atoms with Gasteiger partial charge in [-0.25, -0.2) is 4.98 Å². The fourth-order valence-electron chi connectivity index (χ4n) is 3.74. The molecule has 1 aromatic carbocycles. The Morgan fingerprint density at radius 2 is 1.93 bits per heavy atom. The lowest BCUT2D eigenvalue weighted by molar-refractivity contribution is -0.122. The van der Waals surface area contributed by atoms with Crippen molar-refractivity contribution in [2.45, 2.75) is 44.9 Å². The van der Waals surface area contributed by atoms with E-state index in [2.05, 4.69) is 10.7 Å². The van der Waals surface area contributed by atoms with Crippen molar-refractivity contribution in [3.8, 4) is 0 Å². The predicted molar refractivity (Wildman–Crippen MR) is 111 cm³/mol.